The summed E-state index contributed by atoms with van der Waals surface area (Å²) < 4.78 is 0. The first-order chi connectivity index (χ1) is 8.35. The zero-order valence-electron chi connectivity index (χ0n) is 12.5. The van der Waals surface area contributed by atoms with Gasteiger partial charge in [0.05, 0.1) is 0 Å². The maximum absolute atomic E-state index is 12.0. The first kappa shape index (κ1) is 15.4. The number of hydrogen-bond acceptors (Lipinski definition) is 3. The van der Waals surface area contributed by atoms with Gasteiger partial charge in [-0.3, -0.25) is 4.79 Å². The number of nitrogens with zero attached hydrogens (tertiary/aromatic N) is 1. The van der Waals surface area contributed by atoms with E-state index in [9.17, 15) is 4.79 Å². The first-order valence-electron chi connectivity index (χ1n) is 7.10. The number of carbonyl (C=O) groups excluding carboxylic acids is 1. The van der Waals surface area contributed by atoms with Crippen molar-refractivity contribution in [2.45, 2.75) is 52.1 Å². The largest absolute Gasteiger partial charge is 0.368 e. The summed E-state index contributed by atoms with van der Waals surface area (Å²) >= 11 is 0. The van der Waals surface area contributed by atoms with Crippen molar-refractivity contribution in [2.75, 3.05) is 20.1 Å². The number of carbonyl (C=O) groups is 1. The zero-order chi connectivity index (χ0) is 13.9. The second-order valence-electron chi connectivity index (χ2n) is 6.04. The molecule has 0 spiro atoms. The van der Waals surface area contributed by atoms with Crippen molar-refractivity contribution in [2.24, 2.45) is 17.6 Å². The second kappa shape index (κ2) is 6.02. The number of rotatable bonds is 8. The van der Waals surface area contributed by atoms with Crippen molar-refractivity contribution in [3.8, 4) is 0 Å². The highest BCUT2D eigenvalue weighted by atomic mass is 16.1. The minimum atomic E-state index is -0.535. The second-order valence-corrected chi connectivity index (χ2v) is 6.04. The molecule has 1 aliphatic rings. The lowest BCUT2D eigenvalue weighted by Gasteiger charge is -2.39. The van der Waals surface area contributed by atoms with Crippen LogP contribution in [0, 0.1) is 11.8 Å². The van der Waals surface area contributed by atoms with Crippen LogP contribution in [-0.4, -0.2) is 42.5 Å². The van der Waals surface area contributed by atoms with Gasteiger partial charge in [0.2, 0.25) is 5.91 Å². The van der Waals surface area contributed by atoms with Crippen LogP contribution in [0.5, 0.6) is 0 Å². The molecule has 106 valence electrons. The zero-order valence-corrected chi connectivity index (χ0v) is 12.5. The van der Waals surface area contributed by atoms with Crippen LogP contribution in [-0.2, 0) is 4.79 Å². The topological polar surface area (TPSA) is 58.4 Å². The molecule has 0 radical (unpaired) electrons. The molecule has 18 heavy (non-hydrogen) atoms. The summed E-state index contributed by atoms with van der Waals surface area (Å²) in [5, 5.41) is 3.37. The van der Waals surface area contributed by atoms with Crippen LogP contribution in [0.4, 0.5) is 0 Å². The molecule has 1 aliphatic carbocycles. The molecule has 1 saturated carbocycles. The van der Waals surface area contributed by atoms with Gasteiger partial charge in [-0.25, -0.2) is 0 Å². The number of likely N-dealkylation sites (N-methyl/N-ethyl adjacent to an activating group) is 2. The smallest absolute Gasteiger partial charge is 0.239 e. The Balaban J connectivity index is 2.80. The van der Waals surface area contributed by atoms with Crippen LogP contribution in [0.3, 0.4) is 0 Å². The van der Waals surface area contributed by atoms with Gasteiger partial charge in [-0.15, -0.1) is 0 Å². The fourth-order valence-corrected chi connectivity index (χ4v) is 2.63. The van der Waals surface area contributed by atoms with E-state index in [1.54, 1.807) is 0 Å². The van der Waals surface area contributed by atoms with Gasteiger partial charge in [0.25, 0.3) is 0 Å². The molecule has 0 heterocycles. The van der Waals surface area contributed by atoms with Gasteiger partial charge in [0, 0.05) is 12.6 Å². The Kier molecular flexibility index (Phi) is 5.17. The number of hydrogen-bond donors (Lipinski definition) is 2. The molecule has 1 amide bonds. The fourth-order valence-electron chi connectivity index (χ4n) is 2.63. The predicted molar refractivity (Wildman–Crippen MR) is 75.3 cm³/mol. The number of amides is 1. The van der Waals surface area contributed by atoms with Crippen LogP contribution in [0.25, 0.3) is 0 Å². The standard InChI is InChI=1S/C14H29N3O/c1-6-16-14(13(15)18,12-7-8-12)9-17(5)11(4)10(2)3/h10-12,16H,6-9H2,1-5H3,(H2,15,18). The van der Waals surface area contributed by atoms with Gasteiger partial charge in [0.15, 0.2) is 0 Å². The third-order valence-corrected chi connectivity index (χ3v) is 4.37. The normalized spacial score (nSPS) is 21.1. The third-order valence-electron chi connectivity index (χ3n) is 4.37. The van der Waals surface area contributed by atoms with E-state index in [0.29, 0.717) is 24.4 Å². The first-order valence-corrected chi connectivity index (χ1v) is 7.10. The summed E-state index contributed by atoms with van der Waals surface area (Å²) in [5.74, 6) is 0.785. The molecule has 0 aromatic heterocycles. The average molecular weight is 255 g/mol. The minimum absolute atomic E-state index is 0.199. The van der Waals surface area contributed by atoms with Gasteiger partial charge in [-0.05, 0) is 45.2 Å². The van der Waals surface area contributed by atoms with E-state index < -0.39 is 5.54 Å². The molecule has 0 bridgehead atoms. The molecular weight excluding hydrogens is 226 g/mol. The number of nitrogens with two attached hydrogens (primary N) is 1. The van der Waals surface area contributed by atoms with Gasteiger partial charge < -0.3 is 16.0 Å². The number of nitrogens with one attached hydrogen (secondary N) is 1. The van der Waals surface area contributed by atoms with E-state index in [4.69, 9.17) is 5.73 Å². The highest BCUT2D eigenvalue weighted by molar-refractivity contribution is 5.86. The van der Waals surface area contributed by atoms with Crippen molar-refractivity contribution in [1.82, 2.24) is 10.2 Å². The van der Waals surface area contributed by atoms with Crippen LogP contribution >= 0.6 is 0 Å². The summed E-state index contributed by atoms with van der Waals surface area (Å²) in [5.41, 5.74) is 5.16. The van der Waals surface area contributed by atoms with E-state index in [0.717, 1.165) is 19.4 Å². The Labute approximate surface area is 111 Å². The Morgan fingerprint density at radius 3 is 2.33 bits per heavy atom. The molecule has 2 unspecified atom stereocenters. The minimum Gasteiger partial charge on any atom is -0.368 e. The Bertz CT molecular complexity index is 289. The SMILES string of the molecule is CCNC(CN(C)C(C)C(C)C)(C(N)=O)C1CC1. The highest BCUT2D eigenvalue weighted by Crippen LogP contribution is 2.40. The van der Waals surface area contributed by atoms with Crippen molar-refractivity contribution < 1.29 is 4.79 Å². The summed E-state index contributed by atoms with van der Waals surface area (Å²) in [6, 6.07) is 0.445. The highest BCUT2D eigenvalue weighted by Gasteiger charge is 2.50. The lowest BCUT2D eigenvalue weighted by Crippen LogP contribution is -2.63. The van der Waals surface area contributed by atoms with Crippen LogP contribution in [0.1, 0.15) is 40.5 Å². The summed E-state index contributed by atoms with van der Waals surface area (Å²) in [6.45, 7) is 10.1. The summed E-state index contributed by atoms with van der Waals surface area (Å²) in [7, 11) is 2.09. The van der Waals surface area contributed by atoms with E-state index in [1.807, 2.05) is 6.92 Å². The van der Waals surface area contributed by atoms with Gasteiger partial charge in [-0.2, -0.15) is 0 Å². The Morgan fingerprint density at radius 2 is 2.00 bits per heavy atom. The van der Waals surface area contributed by atoms with Crippen LogP contribution in [0.15, 0.2) is 0 Å². The van der Waals surface area contributed by atoms with E-state index in [2.05, 4.69) is 38.0 Å². The van der Waals surface area contributed by atoms with E-state index in [1.165, 1.54) is 0 Å². The molecule has 4 heteroatoms. The summed E-state index contributed by atoms with van der Waals surface area (Å²) in [4.78, 5) is 14.2. The Morgan fingerprint density at radius 1 is 1.44 bits per heavy atom. The van der Waals surface area contributed by atoms with Gasteiger partial charge >= 0.3 is 0 Å². The molecule has 3 N–H and O–H groups in total. The molecule has 1 fully saturated rings. The molecule has 0 aromatic rings. The molecule has 4 nitrogen and oxygen atoms in total. The maximum atomic E-state index is 12.0. The molecule has 0 aliphatic heterocycles. The lowest BCUT2D eigenvalue weighted by molar-refractivity contribution is -0.126. The van der Waals surface area contributed by atoms with Crippen molar-refractivity contribution in [1.29, 1.82) is 0 Å². The van der Waals surface area contributed by atoms with Gasteiger partial charge in [0.1, 0.15) is 5.54 Å². The summed E-state index contributed by atoms with van der Waals surface area (Å²) in [6.07, 6.45) is 2.22. The fraction of sp³-hybridized carbons (Fsp3) is 0.929. The molecule has 0 aromatic carbocycles. The monoisotopic (exact) mass is 255 g/mol. The molecular formula is C14H29N3O. The lowest BCUT2D eigenvalue weighted by atomic mass is 9.90. The van der Waals surface area contributed by atoms with Crippen LogP contribution < -0.4 is 11.1 Å². The third kappa shape index (κ3) is 3.23. The molecule has 1 rings (SSSR count). The van der Waals surface area contributed by atoms with Gasteiger partial charge in [-0.1, -0.05) is 20.8 Å². The quantitative estimate of drug-likeness (QED) is 0.685. The van der Waals surface area contributed by atoms with E-state index in [-0.39, 0.29) is 5.91 Å². The van der Waals surface area contributed by atoms with Crippen molar-refractivity contribution in [3.05, 3.63) is 0 Å². The number of primary amides is 1. The predicted octanol–water partition coefficient (Wildman–Crippen LogP) is 1.21. The maximum Gasteiger partial charge on any atom is 0.239 e. The average Bonchev–Trinajstić information content (AvgIpc) is 3.10. The van der Waals surface area contributed by atoms with Crippen molar-refractivity contribution in [3.63, 3.8) is 0 Å². The van der Waals surface area contributed by atoms with Crippen molar-refractivity contribution >= 4 is 5.91 Å². The molecule has 2 atom stereocenters. The van der Waals surface area contributed by atoms with Crippen LogP contribution in [0.2, 0.25) is 0 Å². The van der Waals surface area contributed by atoms with E-state index >= 15 is 0 Å². The Hall–Kier alpha value is -0.610. The molecule has 0 saturated heterocycles.